The fourth-order valence-electron chi connectivity index (χ4n) is 2.69. The molecule has 0 bridgehead atoms. The van der Waals surface area contributed by atoms with Crippen LogP contribution in [0.3, 0.4) is 0 Å². The lowest BCUT2D eigenvalue weighted by atomic mass is 10.2. The second-order valence-electron chi connectivity index (χ2n) is 6.63. The molecule has 1 amide bonds. The van der Waals surface area contributed by atoms with Crippen LogP contribution in [0.15, 0.2) is 0 Å². The van der Waals surface area contributed by atoms with E-state index in [0.717, 1.165) is 12.8 Å². The number of sulfone groups is 1. The third-order valence-corrected chi connectivity index (χ3v) is 7.26. The van der Waals surface area contributed by atoms with Gasteiger partial charge in [0.25, 0.3) is 0 Å². The van der Waals surface area contributed by atoms with E-state index in [1.165, 1.54) is 9.21 Å². The highest BCUT2D eigenvalue weighted by Crippen LogP contribution is 2.17. The number of nitrogens with zero attached hydrogens (tertiary/aromatic N) is 3. The fourth-order valence-corrected chi connectivity index (χ4v) is 5.35. The van der Waals surface area contributed by atoms with E-state index in [1.807, 2.05) is 19.0 Å². The highest BCUT2D eigenvalue weighted by atomic mass is 32.2. The number of hydrogen-bond acceptors (Lipinski definition) is 6. The molecule has 1 aliphatic rings. The van der Waals surface area contributed by atoms with Crippen molar-refractivity contribution in [3.8, 4) is 0 Å². The summed E-state index contributed by atoms with van der Waals surface area (Å²) in [4.78, 5) is 15.7. The van der Waals surface area contributed by atoms with E-state index in [9.17, 15) is 21.6 Å². The van der Waals surface area contributed by atoms with Gasteiger partial charge in [0, 0.05) is 32.6 Å². The number of carbonyl (C=O) groups is 1. The topological polar surface area (TPSA) is 95.1 Å². The third-order valence-electron chi connectivity index (χ3n) is 4.21. The quantitative estimate of drug-likeness (QED) is 0.519. The summed E-state index contributed by atoms with van der Waals surface area (Å²) in [7, 11) is -1.01. The minimum atomic E-state index is -3.37. The van der Waals surface area contributed by atoms with Gasteiger partial charge in [-0.15, -0.1) is 0 Å². The molecule has 1 heterocycles. The van der Waals surface area contributed by atoms with Gasteiger partial charge >= 0.3 is 0 Å². The van der Waals surface area contributed by atoms with Crippen LogP contribution in [0, 0.1) is 0 Å². The first kappa shape index (κ1) is 21.3. The van der Waals surface area contributed by atoms with Gasteiger partial charge < -0.3 is 9.80 Å². The Balaban J connectivity index is 2.54. The lowest BCUT2D eigenvalue weighted by Crippen LogP contribution is -2.41. The minimum absolute atomic E-state index is 0.00609. The smallest absolute Gasteiger partial charge is 0.223 e. The van der Waals surface area contributed by atoms with Crippen LogP contribution in [0.5, 0.6) is 0 Å². The van der Waals surface area contributed by atoms with E-state index in [2.05, 4.69) is 0 Å². The number of rotatable bonds is 9. The Kier molecular flexibility index (Phi) is 7.64. The van der Waals surface area contributed by atoms with Gasteiger partial charge in [0.05, 0.1) is 17.8 Å². The maximum Gasteiger partial charge on any atom is 0.223 e. The molecule has 1 unspecified atom stereocenters. The molecule has 0 radical (unpaired) electrons. The van der Waals surface area contributed by atoms with Crippen molar-refractivity contribution in [2.45, 2.75) is 25.3 Å². The molecule has 24 heavy (non-hydrogen) atoms. The molecule has 0 aliphatic carbocycles. The molecule has 0 aromatic rings. The second kappa shape index (κ2) is 8.59. The number of hydrogen-bond donors (Lipinski definition) is 0. The molecule has 0 saturated carbocycles. The first-order valence-corrected chi connectivity index (χ1v) is 11.7. The van der Waals surface area contributed by atoms with E-state index < -0.39 is 19.9 Å². The monoisotopic (exact) mass is 383 g/mol. The molecule has 1 saturated heterocycles. The molecule has 0 N–H and O–H groups in total. The zero-order valence-corrected chi connectivity index (χ0v) is 16.6. The molecule has 8 nitrogen and oxygen atoms in total. The minimum Gasteiger partial charge on any atom is -0.342 e. The summed E-state index contributed by atoms with van der Waals surface area (Å²) in [5.41, 5.74) is 0. The van der Waals surface area contributed by atoms with Crippen molar-refractivity contribution >= 4 is 25.8 Å². The Morgan fingerprint density at radius 3 is 2.21 bits per heavy atom. The molecule has 1 fully saturated rings. The second-order valence-corrected chi connectivity index (χ2v) is 10.8. The Morgan fingerprint density at radius 2 is 1.75 bits per heavy atom. The molecule has 1 aliphatic heterocycles. The molecule has 1 atom stereocenters. The molecular weight excluding hydrogens is 354 g/mol. The van der Waals surface area contributed by atoms with E-state index in [1.54, 1.807) is 7.05 Å². The summed E-state index contributed by atoms with van der Waals surface area (Å²) in [6.07, 6.45) is 2.33. The van der Waals surface area contributed by atoms with Crippen LogP contribution in [-0.4, -0.2) is 101 Å². The van der Waals surface area contributed by atoms with Gasteiger partial charge in [0.2, 0.25) is 15.9 Å². The van der Waals surface area contributed by atoms with E-state index >= 15 is 0 Å². The Labute approximate surface area is 145 Å². The first-order valence-electron chi connectivity index (χ1n) is 7.98. The van der Waals surface area contributed by atoms with Crippen molar-refractivity contribution in [2.24, 2.45) is 0 Å². The van der Waals surface area contributed by atoms with Crippen LogP contribution in [0.25, 0.3) is 0 Å². The van der Waals surface area contributed by atoms with Gasteiger partial charge in [0.15, 0.2) is 9.84 Å². The van der Waals surface area contributed by atoms with Crippen LogP contribution in [0.4, 0.5) is 0 Å². The lowest BCUT2D eigenvalue weighted by molar-refractivity contribution is -0.131. The molecular formula is C14H29N3O5S2. The summed E-state index contributed by atoms with van der Waals surface area (Å²) >= 11 is 0. The van der Waals surface area contributed by atoms with E-state index in [4.69, 9.17) is 0 Å². The van der Waals surface area contributed by atoms with Crippen LogP contribution in [-0.2, 0) is 24.7 Å². The summed E-state index contributed by atoms with van der Waals surface area (Å²) in [5, 5.41) is 0. The van der Waals surface area contributed by atoms with Gasteiger partial charge in [-0.05, 0) is 33.5 Å². The number of sulfonamides is 1. The number of carbonyl (C=O) groups excluding carboxylic acids is 1. The fraction of sp³-hybridized carbons (Fsp3) is 0.929. The largest absolute Gasteiger partial charge is 0.342 e. The standard InChI is InChI=1S/C14H29N3O5S2/c1-15(2)8-5-9-17(23(4,19)20)10-6-14(18)16(3)13-7-11-24(21,22)12-13/h13H,5-12H2,1-4H3. The van der Waals surface area contributed by atoms with Gasteiger partial charge in [-0.1, -0.05) is 0 Å². The van der Waals surface area contributed by atoms with Crippen molar-refractivity contribution < 1.29 is 21.6 Å². The van der Waals surface area contributed by atoms with Crippen molar-refractivity contribution in [3.05, 3.63) is 0 Å². The van der Waals surface area contributed by atoms with Gasteiger partial charge in [-0.2, -0.15) is 0 Å². The molecule has 142 valence electrons. The zero-order valence-electron chi connectivity index (χ0n) is 14.9. The molecule has 0 aromatic carbocycles. The van der Waals surface area contributed by atoms with Crippen LogP contribution >= 0.6 is 0 Å². The van der Waals surface area contributed by atoms with E-state index in [0.29, 0.717) is 19.4 Å². The van der Waals surface area contributed by atoms with Crippen molar-refractivity contribution in [1.82, 2.24) is 14.1 Å². The first-order chi connectivity index (χ1) is 10.9. The highest BCUT2D eigenvalue weighted by Gasteiger charge is 2.32. The summed E-state index contributed by atoms with van der Waals surface area (Å²) in [6.45, 7) is 1.25. The Hall–Kier alpha value is -0.710. The SMILES string of the molecule is CN(C)CCCN(CCC(=O)N(C)C1CCS(=O)(=O)C1)S(C)(=O)=O. The molecule has 1 rings (SSSR count). The maximum atomic E-state index is 12.3. The molecule has 0 aromatic heterocycles. The maximum absolute atomic E-state index is 12.3. The van der Waals surface area contributed by atoms with Crippen molar-refractivity contribution in [3.63, 3.8) is 0 Å². The summed E-state index contributed by atoms with van der Waals surface area (Å²) in [6, 6.07) is -0.303. The molecule has 10 heteroatoms. The van der Waals surface area contributed by atoms with Gasteiger partial charge in [-0.25, -0.2) is 21.1 Å². The zero-order chi connectivity index (χ0) is 18.5. The van der Waals surface area contributed by atoms with E-state index in [-0.39, 0.29) is 36.4 Å². The van der Waals surface area contributed by atoms with Crippen LogP contribution in [0.1, 0.15) is 19.3 Å². The average molecular weight is 384 g/mol. The normalized spacial score (nSPS) is 20.7. The summed E-state index contributed by atoms with van der Waals surface area (Å²) in [5.74, 6) is -0.123. The number of amides is 1. The highest BCUT2D eigenvalue weighted by molar-refractivity contribution is 7.91. The third kappa shape index (κ3) is 7.04. The van der Waals surface area contributed by atoms with Gasteiger partial charge in [-0.3, -0.25) is 4.79 Å². The average Bonchev–Trinajstić information content (AvgIpc) is 2.79. The van der Waals surface area contributed by atoms with Crippen molar-refractivity contribution in [2.75, 3.05) is 58.5 Å². The van der Waals surface area contributed by atoms with Gasteiger partial charge in [0.1, 0.15) is 0 Å². The lowest BCUT2D eigenvalue weighted by Gasteiger charge is -2.25. The Morgan fingerprint density at radius 1 is 1.12 bits per heavy atom. The predicted molar refractivity (Wildman–Crippen MR) is 94.0 cm³/mol. The Bertz CT molecular complexity index is 631. The van der Waals surface area contributed by atoms with Crippen LogP contribution < -0.4 is 0 Å². The predicted octanol–water partition coefficient (Wildman–Crippen LogP) is -0.765. The van der Waals surface area contributed by atoms with Crippen LogP contribution in [0.2, 0.25) is 0 Å². The summed E-state index contributed by atoms with van der Waals surface area (Å²) < 4.78 is 48.0. The molecule has 0 spiro atoms. The van der Waals surface area contributed by atoms with Crippen molar-refractivity contribution in [1.29, 1.82) is 0 Å².